The van der Waals surface area contributed by atoms with Crippen molar-refractivity contribution in [3.8, 4) is 0 Å². The molecule has 0 saturated heterocycles. The fourth-order valence-corrected chi connectivity index (χ4v) is 2.09. The average Bonchev–Trinajstić information content (AvgIpc) is 2.53. The molecule has 0 spiro atoms. The summed E-state index contributed by atoms with van der Waals surface area (Å²) in [7, 11) is 0. The van der Waals surface area contributed by atoms with Crippen molar-refractivity contribution < 1.29 is 24.3 Å². The van der Waals surface area contributed by atoms with Gasteiger partial charge in [0.2, 0.25) is 11.8 Å². The molecule has 0 radical (unpaired) electrons. The number of primary amides is 1. The normalized spacial score (nSPS) is 12.5. The van der Waals surface area contributed by atoms with E-state index in [1.165, 1.54) is 24.3 Å². The van der Waals surface area contributed by atoms with Crippen molar-refractivity contribution >= 4 is 29.5 Å². The largest absolute Gasteiger partial charge is 0.481 e. The van der Waals surface area contributed by atoms with E-state index in [0.29, 0.717) is 11.1 Å². The Morgan fingerprint density at radius 2 is 1.58 bits per heavy atom. The molecule has 0 aliphatic rings. The predicted molar refractivity (Wildman–Crippen MR) is 92.4 cm³/mol. The maximum Gasteiger partial charge on any atom is 0.305 e. The minimum absolute atomic E-state index is 0.118. The van der Waals surface area contributed by atoms with Gasteiger partial charge in [0.15, 0.2) is 0 Å². The van der Waals surface area contributed by atoms with Crippen LogP contribution in [-0.4, -0.2) is 46.7 Å². The highest BCUT2D eigenvalue weighted by Crippen LogP contribution is 2.05. The van der Waals surface area contributed by atoms with Crippen LogP contribution < -0.4 is 22.1 Å². The summed E-state index contributed by atoms with van der Waals surface area (Å²) in [6, 6.07) is 4.15. The van der Waals surface area contributed by atoms with E-state index >= 15 is 0 Å². The van der Waals surface area contributed by atoms with Crippen molar-refractivity contribution in [2.45, 2.75) is 31.8 Å². The molecule has 1 rings (SSSR count). The van der Waals surface area contributed by atoms with Crippen LogP contribution in [0.2, 0.25) is 0 Å². The highest BCUT2D eigenvalue weighted by atomic mass is 16.4. The summed E-state index contributed by atoms with van der Waals surface area (Å²) in [5.74, 6) is -3.40. The van der Waals surface area contributed by atoms with Crippen molar-refractivity contribution in [1.29, 1.82) is 5.41 Å². The minimum Gasteiger partial charge on any atom is -0.481 e. The Bertz CT molecular complexity index is 716. The zero-order valence-corrected chi connectivity index (χ0v) is 14.1. The van der Waals surface area contributed by atoms with Gasteiger partial charge in [-0.1, -0.05) is 12.1 Å². The van der Waals surface area contributed by atoms with Crippen molar-refractivity contribution in [3.05, 3.63) is 35.4 Å². The van der Waals surface area contributed by atoms with Gasteiger partial charge in [-0.3, -0.25) is 24.6 Å². The maximum atomic E-state index is 12.1. The first-order chi connectivity index (χ1) is 12.1. The molecule has 10 nitrogen and oxygen atoms in total. The fraction of sp³-hybridized carbons (Fsp3) is 0.312. The number of nitrogen functional groups attached to an aromatic ring is 1. The van der Waals surface area contributed by atoms with Gasteiger partial charge in [0.1, 0.15) is 11.9 Å². The van der Waals surface area contributed by atoms with Crippen molar-refractivity contribution in [2.24, 2.45) is 11.5 Å². The van der Waals surface area contributed by atoms with Gasteiger partial charge in [-0.25, -0.2) is 0 Å². The van der Waals surface area contributed by atoms with Crippen molar-refractivity contribution in [1.82, 2.24) is 10.6 Å². The Morgan fingerprint density at radius 3 is 2.04 bits per heavy atom. The Labute approximate surface area is 149 Å². The van der Waals surface area contributed by atoms with E-state index in [1.54, 1.807) is 6.92 Å². The summed E-state index contributed by atoms with van der Waals surface area (Å²) in [5, 5.41) is 20.8. The van der Waals surface area contributed by atoms with Crippen LogP contribution >= 0.6 is 0 Å². The standard InChI is InChI=1S/C16H21N5O5/c1-8(6-12(22)21-11(15(19)25)7-13(23)24)20-16(26)10-4-2-9(3-5-10)14(17)18/h2-5,8,11H,6-7H2,1H3,(H3,17,18)(H2,19,25)(H,20,26)(H,21,22)(H,23,24)/t8-,11+/m1/s1. The summed E-state index contributed by atoms with van der Waals surface area (Å²) in [5.41, 5.74) is 11.2. The van der Waals surface area contributed by atoms with Crippen molar-refractivity contribution in [3.63, 3.8) is 0 Å². The lowest BCUT2D eigenvalue weighted by Gasteiger charge is -2.17. The van der Waals surface area contributed by atoms with Gasteiger partial charge in [0.25, 0.3) is 5.91 Å². The van der Waals surface area contributed by atoms with Crippen LogP contribution in [0.4, 0.5) is 0 Å². The number of amidine groups is 1. The third kappa shape index (κ3) is 6.59. The van der Waals surface area contributed by atoms with Crippen molar-refractivity contribution in [2.75, 3.05) is 0 Å². The summed E-state index contributed by atoms with van der Waals surface area (Å²) >= 11 is 0. The molecule has 0 unspecified atom stereocenters. The molecule has 26 heavy (non-hydrogen) atoms. The number of benzene rings is 1. The van der Waals surface area contributed by atoms with E-state index in [2.05, 4.69) is 10.6 Å². The van der Waals surface area contributed by atoms with Crippen LogP contribution in [0.3, 0.4) is 0 Å². The van der Waals surface area contributed by atoms with Crippen LogP contribution in [0, 0.1) is 5.41 Å². The molecule has 1 aromatic carbocycles. The molecule has 10 heteroatoms. The minimum atomic E-state index is -1.32. The number of rotatable bonds is 9. The summed E-state index contributed by atoms with van der Waals surface area (Å²) in [4.78, 5) is 45.8. The van der Waals surface area contributed by atoms with Crippen LogP contribution in [0.15, 0.2) is 24.3 Å². The summed E-state index contributed by atoms with van der Waals surface area (Å²) in [6.45, 7) is 1.58. The molecule has 0 aliphatic carbocycles. The lowest BCUT2D eigenvalue weighted by Crippen LogP contribution is -2.47. The molecule has 0 aliphatic heterocycles. The van der Waals surface area contributed by atoms with Gasteiger partial charge < -0.3 is 27.2 Å². The van der Waals surface area contributed by atoms with Gasteiger partial charge in [-0.15, -0.1) is 0 Å². The SMILES string of the molecule is C[C@H](CC(=O)N[C@@H](CC(=O)O)C(N)=O)NC(=O)c1ccc(C(=N)N)cc1. The topological polar surface area (TPSA) is 188 Å². The maximum absolute atomic E-state index is 12.1. The molecule has 2 atom stereocenters. The Hall–Kier alpha value is -3.43. The van der Waals surface area contributed by atoms with E-state index in [0.717, 1.165) is 0 Å². The van der Waals surface area contributed by atoms with E-state index in [4.69, 9.17) is 22.0 Å². The Kier molecular flexibility index (Phi) is 7.26. The lowest BCUT2D eigenvalue weighted by atomic mass is 10.1. The second-order valence-electron chi connectivity index (χ2n) is 5.69. The fourth-order valence-electron chi connectivity index (χ4n) is 2.09. The molecule has 0 bridgehead atoms. The van der Waals surface area contributed by atoms with Gasteiger partial charge >= 0.3 is 5.97 Å². The molecule has 1 aromatic rings. The van der Waals surface area contributed by atoms with E-state index in [-0.39, 0.29) is 12.3 Å². The van der Waals surface area contributed by atoms with Gasteiger partial charge in [0, 0.05) is 23.6 Å². The highest BCUT2D eigenvalue weighted by molar-refractivity contribution is 5.98. The third-order valence-electron chi connectivity index (χ3n) is 3.38. The number of amides is 3. The number of hydrogen-bond donors (Lipinski definition) is 6. The number of aliphatic carboxylic acids is 1. The molecule has 3 amide bonds. The smallest absolute Gasteiger partial charge is 0.305 e. The van der Waals surface area contributed by atoms with E-state index in [1.807, 2.05) is 0 Å². The Morgan fingerprint density at radius 1 is 1.04 bits per heavy atom. The molecule has 0 fully saturated rings. The number of carbonyl (C=O) groups is 4. The second-order valence-corrected chi connectivity index (χ2v) is 5.69. The van der Waals surface area contributed by atoms with Crippen LogP contribution in [0.25, 0.3) is 0 Å². The van der Waals surface area contributed by atoms with E-state index in [9.17, 15) is 19.2 Å². The number of carboxylic acid groups (broad SMARTS) is 1. The zero-order chi connectivity index (χ0) is 19.9. The summed E-state index contributed by atoms with van der Waals surface area (Å²) < 4.78 is 0. The monoisotopic (exact) mass is 363 g/mol. The number of nitrogens with two attached hydrogens (primary N) is 2. The number of hydrogen-bond acceptors (Lipinski definition) is 5. The quantitative estimate of drug-likeness (QED) is 0.239. The van der Waals surface area contributed by atoms with Crippen LogP contribution in [-0.2, 0) is 14.4 Å². The first-order valence-corrected chi connectivity index (χ1v) is 7.66. The Balaban J connectivity index is 2.58. The predicted octanol–water partition coefficient (Wildman–Crippen LogP) is -1.08. The number of nitrogens with one attached hydrogen (secondary N) is 3. The second kappa shape index (κ2) is 9.16. The van der Waals surface area contributed by atoms with E-state index < -0.39 is 42.2 Å². The number of carboxylic acids is 1. The average molecular weight is 363 g/mol. The first-order valence-electron chi connectivity index (χ1n) is 7.66. The van der Waals surface area contributed by atoms with Gasteiger partial charge in [-0.05, 0) is 19.1 Å². The lowest BCUT2D eigenvalue weighted by molar-refractivity contribution is -0.140. The first kappa shape index (κ1) is 20.6. The number of carbonyl (C=O) groups excluding carboxylic acids is 3. The third-order valence-corrected chi connectivity index (χ3v) is 3.38. The molecule has 0 heterocycles. The van der Waals surface area contributed by atoms with Crippen LogP contribution in [0.1, 0.15) is 35.7 Å². The highest BCUT2D eigenvalue weighted by Gasteiger charge is 2.22. The van der Waals surface area contributed by atoms with Gasteiger partial charge in [0.05, 0.1) is 6.42 Å². The molecule has 8 N–H and O–H groups in total. The molecule has 0 aromatic heterocycles. The molecule has 140 valence electrons. The zero-order valence-electron chi connectivity index (χ0n) is 14.1. The van der Waals surface area contributed by atoms with Gasteiger partial charge in [-0.2, -0.15) is 0 Å². The summed E-state index contributed by atoms with van der Waals surface area (Å²) in [6.07, 6.45) is -0.787. The molecule has 0 saturated carbocycles. The molecular weight excluding hydrogens is 342 g/mol. The molecular formula is C16H21N5O5. The van der Waals surface area contributed by atoms with Crippen LogP contribution in [0.5, 0.6) is 0 Å².